The van der Waals surface area contributed by atoms with Crippen molar-refractivity contribution in [2.45, 2.75) is 6.92 Å². The summed E-state index contributed by atoms with van der Waals surface area (Å²) in [4.78, 5) is 20.3. The fraction of sp³-hybridized carbons (Fsp3) is 0.214. The summed E-state index contributed by atoms with van der Waals surface area (Å²) in [5, 5.41) is 12.3. The molecule has 1 heterocycles. The van der Waals surface area contributed by atoms with Crippen LogP contribution in [0.25, 0.3) is 0 Å². The molecule has 0 aliphatic carbocycles. The minimum Gasteiger partial charge on any atom is -0.507 e. The van der Waals surface area contributed by atoms with Gasteiger partial charge >= 0.3 is 0 Å². The third-order valence-corrected chi connectivity index (χ3v) is 2.71. The molecule has 2 N–H and O–H groups in total. The largest absolute Gasteiger partial charge is 0.507 e. The molecule has 1 amide bonds. The number of hydrogen-bond donors (Lipinski definition) is 2. The highest BCUT2D eigenvalue weighted by Crippen LogP contribution is 2.23. The summed E-state index contributed by atoms with van der Waals surface area (Å²) >= 11 is 0. The van der Waals surface area contributed by atoms with Gasteiger partial charge in [-0.05, 0) is 25.1 Å². The number of amides is 1. The van der Waals surface area contributed by atoms with Gasteiger partial charge in [0.15, 0.2) is 0 Å². The molecule has 0 saturated carbocycles. The molecule has 1 aromatic carbocycles. The van der Waals surface area contributed by atoms with Crippen LogP contribution in [0.2, 0.25) is 0 Å². The Bertz CT molecular complexity index is 673. The molecular weight excluding hydrogens is 274 g/mol. The van der Waals surface area contributed by atoms with Gasteiger partial charge in [0.1, 0.15) is 11.5 Å². The number of methoxy groups -OCH3 is 2. The van der Waals surface area contributed by atoms with Gasteiger partial charge in [0.25, 0.3) is 5.91 Å². The van der Waals surface area contributed by atoms with Crippen molar-refractivity contribution in [1.82, 2.24) is 9.97 Å². The lowest BCUT2D eigenvalue weighted by Crippen LogP contribution is -2.15. The molecule has 2 rings (SSSR count). The number of aryl methyl sites for hydroxylation is 1. The Labute approximate surface area is 121 Å². The molecule has 1 aromatic heterocycles. The zero-order valence-corrected chi connectivity index (χ0v) is 11.9. The normalized spacial score (nSPS) is 10.0. The number of carbonyl (C=O) groups excluding carboxylic acids is 1. The maximum absolute atomic E-state index is 12.2. The van der Waals surface area contributed by atoms with Gasteiger partial charge in [0.2, 0.25) is 11.8 Å². The second-order valence-corrected chi connectivity index (χ2v) is 4.21. The lowest BCUT2D eigenvalue weighted by molar-refractivity contribution is 0.102. The first kappa shape index (κ1) is 14.6. The van der Waals surface area contributed by atoms with Gasteiger partial charge in [-0.1, -0.05) is 0 Å². The Kier molecular flexibility index (Phi) is 4.22. The Morgan fingerprint density at radius 1 is 1.19 bits per heavy atom. The van der Waals surface area contributed by atoms with Crippen LogP contribution in [0.1, 0.15) is 16.1 Å². The monoisotopic (exact) mass is 289 g/mol. The third-order valence-electron chi connectivity index (χ3n) is 2.71. The van der Waals surface area contributed by atoms with Gasteiger partial charge in [0, 0.05) is 11.8 Å². The molecule has 0 radical (unpaired) electrons. The molecule has 0 spiro atoms. The maximum atomic E-state index is 12.2. The average molecular weight is 289 g/mol. The zero-order valence-electron chi connectivity index (χ0n) is 11.9. The van der Waals surface area contributed by atoms with Crippen molar-refractivity contribution < 1.29 is 19.4 Å². The first-order chi connectivity index (χ1) is 10.0. The maximum Gasteiger partial charge on any atom is 0.261 e. The number of nitrogens with one attached hydrogen (secondary N) is 1. The molecule has 0 atom stereocenters. The van der Waals surface area contributed by atoms with Crippen molar-refractivity contribution in [3.8, 4) is 17.4 Å². The highest BCUT2D eigenvalue weighted by molar-refractivity contribution is 6.05. The summed E-state index contributed by atoms with van der Waals surface area (Å²) < 4.78 is 10.0. The minimum absolute atomic E-state index is 0.0680. The predicted molar refractivity (Wildman–Crippen MR) is 75.9 cm³/mol. The number of phenolic OH excluding ortho intramolecular Hbond substituents is 1. The van der Waals surface area contributed by atoms with E-state index in [0.717, 1.165) is 0 Å². The summed E-state index contributed by atoms with van der Waals surface area (Å²) in [6, 6.07) is 6.00. The predicted octanol–water partition coefficient (Wildman–Crippen LogP) is 1.76. The Morgan fingerprint density at radius 3 is 2.62 bits per heavy atom. The SMILES string of the molecule is COc1ccc(O)c(C(=O)Nc2nc(C)cc(OC)n2)c1. The summed E-state index contributed by atoms with van der Waals surface area (Å²) in [6.45, 7) is 1.75. The fourth-order valence-electron chi connectivity index (χ4n) is 1.69. The highest BCUT2D eigenvalue weighted by Gasteiger charge is 2.14. The van der Waals surface area contributed by atoms with Crippen LogP contribution < -0.4 is 14.8 Å². The summed E-state index contributed by atoms with van der Waals surface area (Å²) in [5.74, 6) is 0.194. The molecule has 0 saturated heterocycles. The van der Waals surface area contributed by atoms with Gasteiger partial charge < -0.3 is 14.6 Å². The average Bonchev–Trinajstić information content (AvgIpc) is 2.46. The van der Waals surface area contributed by atoms with E-state index < -0.39 is 5.91 Å². The van der Waals surface area contributed by atoms with Crippen LogP contribution in [0, 0.1) is 6.92 Å². The number of anilines is 1. The van der Waals surface area contributed by atoms with Crippen molar-refractivity contribution in [2.24, 2.45) is 0 Å². The van der Waals surface area contributed by atoms with Crippen LogP contribution >= 0.6 is 0 Å². The molecule has 0 aliphatic heterocycles. The zero-order chi connectivity index (χ0) is 15.4. The van der Waals surface area contributed by atoms with E-state index in [1.54, 1.807) is 19.1 Å². The molecule has 110 valence electrons. The Balaban J connectivity index is 2.27. The van der Waals surface area contributed by atoms with E-state index in [2.05, 4.69) is 15.3 Å². The van der Waals surface area contributed by atoms with Crippen LogP contribution in [-0.2, 0) is 0 Å². The van der Waals surface area contributed by atoms with Crippen molar-refractivity contribution in [3.63, 3.8) is 0 Å². The van der Waals surface area contributed by atoms with E-state index in [4.69, 9.17) is 9.47 Å². The standard InChI is InChI=1S/C14H15N3O4/c1-8-6-12(21-3)16-14(15-8)17-13(19)10-7-9(20-2)4-5-11(10)18/h4-7,18H,1-3H3,(H,15,16,17,19). The van der Waals surface area contributed by atoms with Gasteiger partial charge in [0.05, 0.1) is 19.8 Å². The molecule has 0 unspecified atom stereocenters. The number of hydrogen-bond acceptors (Lipinski definition) is 6. The molecular formula is C14H15N3O4. The molecule has 21 heavy (non-hydrogen) atoms. The highest BCUT2D eigenvalue weighted by atomic mass is 16.5. The number of ether oxygens (including phenoxy) is 2. The first-order valence-corrected chi connectivity index (χ1v) is 6.11. The molecule has 0 fully saturated rings. The third kappa shape index (κ3) is 3.38. The minimum atomic E-state index is -0.543. The fourth-order valence-corrected chi connectivity index (χ4v) is 1.69. The van der Waals surface area contributed by atoms with Crippen molar-refractivity contribution in [1.29, 1.82) is 0 Å². The quantitative estimate of drug-likeness (QED) is 0.890. The number of aromatic hydroxyl groups is 1. The van der Waals surface area contributed by atoms with Gasteiger partial charge in [-0.3, -0.25) is 10.1 Å². The van der Waals surface area contributed by atoms with E-state index in [9.17, 15) is 9.90 Å². The first-order valence-electron chi connectivity index (χ1n) is 6.11. The van der Waals surface area contributed by atoms with Crippen LogP contribution in [0.4, 0.5) is 5.95 Å². The molecule has 7 heteroatoms. The van der Waals surface area contributed by atoms with Gasteiger partial charge in [-0.2, -0.15) is 4.98 Å². The number of rotatable bonds is 4. The lowest BCUT2D eigenvalue weighted by Gasteiger charge is -2.09. The number of aromatic nitrogens is 2. The van der Waals surface area contributed by atoms with E-state index >= 15 is 0 Å². The van der Waals surface area contributed by atoms with E-state index in [1.165, 1.54) is 26.4 Å². The van der Waals surface area contributed by atoms with Crippen LogP contribution in [0.15, 0.2) is 24.3 Å². The van der Waals surface area contributed by atoms with Crippen molar-refractivity contribution >= 4 is 11.9 Å². The second-order valence-electron chi connectivity index (χ2n) is 4.21. The second kappa shape index (κ2) is 6.08. The molecule has 7 nitrogen and oxygen atoms in total. The topological polar surface area (TPSA) is 93.6 Å². The lowest BCUT2D eigenvalue weighted by atomic mass is 10.2. The van der Waals surface area contributed by atoms with Gasteiger partial charge in [-0.15, -0.1) is 0 Å². The van der Waals surface area contributed by atoms with Crippen molar-refractivity contribution in [2.75, 3.05) is 19.5 Å². The molecule has 2 aromatic rings. The van der Waals surface area contributed by atoms with E-state index in [1.807, 2.05) is 0 Å². The summed E-state index contributed by atoms with van der Waals surface area (Å²) in [7, 11) is 2.95. The number of benzene rings is 1. The number of nitrogens with zero attached hydrogens (tertiary/aromatic N) is 2. The molecule has 0 bridgehead atoms. The molecule has 0 aliphatic rings. The van der Waals surface area contributed by atoms with Gasteiger partial charge in [-0.25, -0.2) is 4.98 Å². The Hall–Kier alpha value is -2.83. The summed E-state index contributed by atoms with van der Waals surface area (Å²) in [6.07, 6.45) is 0. The number of carbonyl (C=O) groups is 1. The smallest absolute Gasteiger partial charge is 0.261 e. The Morgan fingerprint density at radius 2 is 1.95 bits per heavy atom. The van der Waals surface area contributed by atoms with Crippen LogP contribution in [0.3, 0.4) is 0 Å². The van der Waals surface area contributed by atoms with Crippen LogP contribution in [-0.4, -0.2) is 35.2 Å². The van der Waals surface area contributed by atoms with E-state index in [-0.39, 0.29) is 17.3 Å². The number of phenols is 1. The van der Waals surface area contributed by atoms with E-state index in [0.29, 0.717) is 17.3 Å². The van der Waals surface area contributed by atoms with Crippen LogP contribution in [0.5, 0.6) is 17.4 Å². The summed E-state index contributed by atoms with van der Waals surface area (Å²) in [5.41, 5.74) is 0.713. The van der Waals surface area contributed by atoms with Crippen molar-refractivity contribution in [3.05, 3.63) is 35.5 Å².